The molecule has 0 aliphatic heterocycles. The summed E-state index contributed by atoms with van der Waals surface area (Å²) in [4.78, 5) is 21.5. The largest absolute Gasteiger partial charge is 0.445 e. The Morgan fingerprint density at radius 3 is 2.47 bits per heavy atom. The van der Waals surface area contributed by atoms with Crippen LogP contribution in [-0.2, 0) is 11.3 Å². The number of nitro groups is 1. The van der Waals surface area contributed by atoms with Gasteiger partial charge in [0.25, 0.3) is 5.69 Å². The SMILES string of the molecule is CC(C)(CS)NC(=O)OCc1ccc([N+](=O)[O-])cc1. The quantitative estimate of drug-likeness (QED) is 0.494. The minimum Gasteiger partial charge on any atom is -0.445 e. The summed E-state index contributed by atoms with van der Waals surface area (Å²) in [6, 6.07) is 5.84. The third-order valence-electron chi connectivity index (χ3n) is 2.35. The molecule has 6 nitrogen and oxygen atoms in total. The van der Waals surface area contributed by atoms with Crippen molar-refractivity contribution < 1.29 is 14.5 Å². The van der Waals surface area contributed by atoms with Crippen molar-refractivity contribution in [3.8, 4) is 0 Å². The molecule has 0 bridgehead atoms. The molecule has 0 atom stereocenters. The van der Waals surface area contributed by atoms with E-state index in [-0.39, 0.29) is 12.3 Å². The Morgan fingerprint density at radius 2 is 2.00 bits per heavy atom. The van der Waals surface area contributed by atoms with Gasteiger partial charge in [0, 0.05) is 23.4 Å². The summed E-state index contributed by atoms with van der Waals surface area (Å²) in [6.45, 7) is 3.72. The number of hydrogen-bond acceptors (Lipinski definition) is 5. The maximum Gasteiger partial charge on any atom is 0.407 e. The van der Waals surface area contributed by atoms with Gasteiger partial charge in [-0.3, -0.25) is 10.1 Å². The van der Waals surface area contributed by atoms with E-state index < -0.39 is 16.6 Å². The van der Waals surface area contributed by atoms with E-state index in [1.54, 1.807) is 12.1 Å². The standard InChI is InChI=1S/C12H16N2O4S/c1-12(2,8-19)13-11(15)18-7-9-3-5-10(6-4-9)14(16)17/h3-6,19H,7-8H2,1-2H3,(H,13,15). The van der Waals surface area contributed by atoms with Crippen molar-refractivity contribution in [3.05, 3.63) is 39.9 Å². The van der Waals surface area contributed by atoms with Crippen molar-refractivity contribution in [1.82, 2.24) is 5.32 Å². The zero-order chi connectivity index (χ0) is 14.5. The minimum absolute atomic E-state index is 0.00408. The van der Waals surface area contributed by atoms with Crippen molar-refractivity contribution in [3.63, 3.8) is 0 Å². The molecule has 1 rings (SSSR count). The molecule has 1 N–H and O–H groups in total. The van der Waals surface area contributed by atoms with E-state index >= 15 is 0 Å². The second kappa shape index (κ2) is 6.42. The zero-order valence-electron chi connectivity index (χ0n) is 10.8. The lowest BCUT2D eigenvalue weighted by Gasteiger charge is -2.23. The molecule has 0 spiro atoms. The average Bonchev–Trinajstić information content (AvgIpc) is 2.36. The number of rotatable bonds is 5. The number of carbonyl (C=O) groups excluding carboxylic acids is 1. The summed E-state index contributed by atoms with van der Waals surface area (Å²) in [7, 11) is 0. The van der Waals surface area contributed by atoms with E-state index in [4.69, 9.17) is 4.74 Å². The van der Waals surface area contributed by atoms with Crippen molar-refractivity contribution >= 4 is 24.4 Å². The summed E-state index contributed by atoms with van der Waals surface area (Å²) in [6.07, 6.45) is -0.544. The number of non-ortho nitro benzene ring substituents is 1. The van der Waals surface area contributed by atoms with Crippen LogP contribution in [0.1, 0.15) is 19.4 Å². The lowest BCUT2D eigenvalue weighted by atomic mass is 10.1. The normalized spacial score (nSPS) is 10.9. The molecule has 0 fully saturated rings. The molecule has 0 unspecified atom stereocenters. The van der Waals surface area contributed by atoms with Crippen LogP contribution < -0.4 is 5.32 Å². The monoisotopic (exact) mass is 284 g/mol. The van der Waals surface area contributed by atoms with Crippen LogP contribution >= 0.6 is 12.6 Å². The van der Waals surface area contributed by atoms with E-state index in [9.17, 15) is 14.9 Å². The third kappa shape index (κ3) is 5.17. The Bertz CT molecular complexity index is 459. The number of nitro benzene ring substituents is 1. The van der Waals surface area contributed by atoms with Gasteiger partial charge in [0.15, 0.2) is 0 Å². The maximum absolute atomic E-state index is 11.5. The van der Waals surface area contributed by atoms with Gasteiger partial charge in [-0.25, -0.2) is 4.79 Å². The van der Waals surface area contributed by atoms with Crippen LogP contribution in [0.2, 0.25) is 0 Å². The van der Waals surface area contributed by atoms with Gasteiger partial charge in [0.2, 0.25) is 0 Å². The fourth-order valence-corrected chi connectivity index (χ4v) is 1.29. The van der Waals surface area contributed by atoms with Crippen LogP contribution in [0.5, 0.6) is 0 Å². The number of ether oxygens (including phenoxy) is 1. The highest BCUT2D eigenvalue weighted by Crippen LogP contribution is 2.12. The Labute approximate surface area is 116 Å². The fourth-order valence-electron chi connectivity index (χ4n) is 1.21. The predicted molar refractivity (Wildman–Crippen MR) is 74.3 cm³/mol. The molecule has 0 aliphatic rings. The summed E-state index contributed by atoms with van der Waals surface area (Å²) in [5.41, 5.74) is 0.240. The number of nitrogens with one attached hydrogen (secondary N) is 1. The molecule has 19 heavy (non-hydrogen) atoms. The van der Waals surface area contributed by atoms with Gasteiger partial charge < -0.3 is 10.1 Å². The van der Waals surface area contributed by atoms with E-state index in [1.807, 2.05) is 13.8 Å². The summed E-state index contributed by atoms with van der Waals surface area (Å²) < 4.78 is 5.01. The first-order valence-electron chi connectivity index (χ1n) is 5.63. The second-order valence-electron chi connectivity index (χ2n) is 4.67. The molecule has 0 aromatic heterocycles. The molecule has 0 heterocycles. The Hall–Kier alpha value is -1.76. The van der Waals surface area contributed by atoms with Crippen LogP contribution in [0.4, 0.5) is 10.5 Å². The van der Waals surface area contributed by atoms with Gasteiger partial charge in [-0.1, -0.05) is 0 Å². The number of nitrogens with zero attached hydrogens (tertiary/aromatic N) is 1. The van der Waals surface area contributed by atoms with Gasteiger partial charge >= 0.3 is 6.09 Å². The van der Waals surface area contributed by atoms with Crippen LogP contribution in [-0.4, -0.2) is 22.3 Å². The fraction of sp³-hybridized carbons (Fsp3) is 0.417. The third-order valence-corrected chi connectivity index (χ3v) is 3.14. The van der Waals surface area contributed by atoms with Crippen LogP contribution in [0.25, 0.3) is 0 Å². The van der Waals surface area contributed by atoms with Gasteiger partial charge in [0.1, 0.15) is 6.61 Å². The Balaban J connectivity index is 2.48. The molecule has 0 aliphatic carbocycles. The first-order valence-corrected chi connectivity index (χ1v) is 6.26. The molecule has 7 heteroatoms. The molecule has 0 saturated carbocycles. The number of amides is 1. The molecule has 0 radical (unpaired) electrons. The van der Waals surface area contributed by atoms with Gasteiger partial charge in [-0.15, -0.1) is 0 Å². The van der Waals surface area contributed by atoms with E-state index in [0.29, 0.717) is 11.3 Å². The molecule has 1 amide bonds. The van der Waals surface area contributed by atoms with Crippen LogP contribution in [0, 0.1) is 10.1 Å². The zero-order valence-corrected chi connectivity index (χ0v) is 11.6. The Kier molecular flexibility index (Phi) is 5.17. The maximum atomic E-state index is 11.5. The summed E-state index contributed by atoms with van der Waals surface area (Å²) >= 11 is 4.11. The van der Waals surface area contributed by atoms with Crippen molar-refractivity contribution in [2.75, 3.05) is 5.75 Å². The summed E-state index contributed by atoms with van der Waals surface area (Å²) in [5.74, 6) is 0.486. The molecule has 104 valence electrons. The predicted octanol–water partition coefficient (Wildman–Crippen LogP) is 2.53. The minimum atomic E-state index is -0.544. The van der Waals surface area contributed by atoms with Crippen LogP contribution in [0.15, 0.2) is 24.3 Å². The highest BCUT2D eigenvalue weighted by molar-refractivity contribution is 7.80. The average molecular weight is 284 g/mol. The lowest BCUT2D eigenvalue weighted by molar-refractivity contribution is -0.384. The molecule has 1 aromatic carbocycles. The second-order valence-corrected chi connectivity index (χ2v) is 4.98. The van der Waals surface area contributed by atoms with E-state index in [0.717, 1.165) is 0 Å². The van der Waals surface area contributed by atoms with Gasteiger partial charge in [0.05, 0.1) is 4.92 Å². The van der Waals surface area contributed by atoms with Crippen molar-refractivity contribution in [2.24, 2.45) is 0 Å². The molecule has 0 saturated heterocycles. The molecular formula is C12H16N2O4S. The Morgan fingerprint density at radius 1 is 1.42 bits per heavy atom. The highest BCUT2D eigenvalue weighted by atomic mass is 32.1. The van der Waals surface area contributed by atoms with Gasteiger partial charge in [-0.05, 0) is 31.5 Å². The lowest BCUT2D eigenvalue weighted by Crippen LogP contribution is -2.45. The first-order chi connectivity index (χ1) is 8.84. The highest BCUT2D eigenvalue weighted by Gasteiger charge is 2.19. The number of carbonyl (C=O) groups is 1. The molecule has 1 aromatic rings. The topological polar surface area (TPSA) is 81.5 Å². The smallest absolute Gasteiger partial charge is 0.407 e. The molecular weight excluding hydrogens is 268 g/mol. The number of hydrogen-bond donors (Lipinski definition) is 2. The number of thiol groups is 1. The number of benzene rings is 1. The van der Waals surface area contributed by atoms with E-state index in [2.05, 4.69) is 17.9 Å². The number of alkyl carbamates (subject to hydrolysis) is 1. The van der Waals surface area contributed by atoms with Crippen molar-refractivity contribution in [1.29, 1.82) is 0 Å². The van der Waals surface area contributed by atoms with Crippen molar-refractivity contribution in [2.45, 2.75) is 26.0 Å². The first kappa shape index (κ1) is 15.3. The van der Waals surface area contributed by atoms with E-state index in [1.165, 1.54) is 12.1 Å². The van der Waals surface area contributed by atoms with Gasteiger partial charge in [-0.2, -0.15) is 12.6 Å². The van der Waals surface area contributed by atoms with Crippen LogP contribution in [0.3, 0.4) is 0 Å². The summed E-state index contributed by atoms with van der Waals surface area (Å²) in [5, 5.41) is 13.1.